The summed E-state index contributed by atoms with van der Waals surface area (Å²) in [6.45, 7) is 2.54. The summed E-state index contributed by atoms with van der Waals surface area (Å²) in [6.07, 6.45) is 0. The summed E-state index contributed by atoms with van der Waals surface area (Å²) in [4.78, 5) is 5.53. The summed E-state index contributed by atoms with van der Waals surface area (Å²) in [7, 11) is 0. The maximum Gasteiger partial charge on any atom is 0.190 e. The number of aliphatic hydroxyl groups is 1. The van der Waals surface area contributed by atoms with Gasteiger partial charge in [-0.25, -0.2) is 4.99 Å². The van der Waals surface area contributed by atoms with Crippen LogP contribution in [0.5, 0.6) is 0 Å². The zero-order chi connectivity index (χ0) is 17.1. The molecule has 1 heterocycles. The predicted octanol–water partition coefficient (Wildman–Crippen LogP) is 5.06. The van der Waals surface area contributed by atoms with E-state index in [1.54, 1.807) is 6.07 Å². The highest BCUT2D eigenvalue weighted by atomic mass is 35.5. The minimum atomic E-state index is 0.0339. The summed E-state index contributed by atoms with van der Waals surface area (Å²) >= 11 is 13.7. The lowest BCUT2D eigenvalue weighted by molar-refractivity contribution is 0.275. The van der Waals surface area contributed by atoms with Crippen molar-refractivity contribution in [2.24, 2.45) is 4.99 Å². The Balaban J connectivity index is 2.10. The van der Waals surface area contributed by atoms with Crippen LogP contribution in [0.4, 0.5) is 5.69 Å². The standard InChI is InChI=1S/C18H16Cl2N2OS/c1-12-2-5-14(6-3-12)21-18-22(8-9-23)17(11-24-18)13-4-7-15(19)16(20)10-13/h2-7,10-11,23H,8-9H2,1H3. The molecule has 1 N–H and O–H groups in total. The van der Waals surface area contributed by atoms with Crippen molar-refractivity contribution in [1.29, 1.82) is 0 Å². The molecule has 0 fully saturated rings. The Morgan fingerprint density at radius 1 is 1.08 bits per heavy atom. The van der Waals surface area contributed by atoms with Gasteiger partial charge in [-0.3, -0.25) is 0 Å². The van der Waals surface area contributed by atoms with Crippen molar-refractivity contribution in [2.45, 2.75) is 13.5 Å². The van der Waals surface area contributed by atoms with Crippen LogP contribution in [-0.4, -0.2) is 16.3 Å². The topological polar surface area (TPSA) is 37.5 Å². The van der Waals surface area contributed by atoms with Crippen LogP contribution in [0.3, 0.4) is 0 Å². The summed E-state index contributed by atoms with van der Waals surface area (Å²) in [5.41, 5.74) is 3.98. The number of nitrogens with zero attached hydrogens (tertiary/aromatic N) is 2. The molecule has 1 aromatic heterocycles. The highest BCUT2D eigenvalue weighted by Crippen LogP contribution is 2.29. The molecule has 0 aliphatic rings. The molecular weight excluding hydrogens is 363 g/mol. The lowest BCUT2D eigenvalue weighted by Gasteiger charge is -2.08. The molecule has 3 nitrogen and oxygen atoms in total. The maximum atomic E-state index is 9.43. The molecule has 0 aliphatic heterocycles. The number of halogens is 2. The molecule has 6 heteroatoms. The Labute approximate surface area is 154 Å². The lowest BCUT2D eigenvalue weighted by Crippen LogP contribution is -2.17. The van der Waals surface area contributed by atoms with Crippen molar-refractivity contribution in [3.05, 3.63) is 68.3 Å². The van der Waals surface area contributed by atoms with E-state index in [9.17, 15) is 5.11 Å². The lowest BCUT2D eigenvalue weighted by atomic mass is 10.2. The van der Waals surface area contributed by atoms with Crippen LogP contribution >= 0.6 is 34.5 Å². The molecular formula is C18H16Cl2N2OS. The Bertz CT molecular complexity index is 914. The molecule has 2 aromatic carbocycles. The van der Waals surface area contributed by atoms with Crippen molar-refractivity contribution in [3.63, 3.8) is 0 Å². The van der Waals surface area contributed by atoms with Crippen molar-refractivity contribution in [3.8, 4) is 11.3 Å². The summed E-state index contributed by atoms with van der Waals surface area (Å²) in [6, 6.07) is 13.5. The van der Waals surface area contributed by atoms with E-state index < -0.39 is 0 Å². The van der Waals surface area contributed by atoms with Crippen molar-refractivity contribution >= 4 is 40.2 Å². The van der Waals surface area contributed by atoms with Gasteiger partial charge in [-0.15, -0.1) is 11.3 Å². The fourth-order valence-electron chi connectivity index (χ4n) is 2.35. The smallest absolute Gasteiger partial charge is 0.190 e. The average Bonchev–Trinajstić information content (AvgIpc) is 2.95. The highest BCUT2D eigenvalue weighted by Gasteiger charge is 2.09. The van der Waals surface area contributed by atoms with Crippen LogP contribution in [0.1, 0.15) is 5.56 Å². The number of hydrogen-bond donors (Lipinski definition) is 1. The third-order valence-corrected chi connectivity index (χ3v) is 5.20. The summed E-state index contributed by atoms with van der Waals surface area (Å²) in [5, 5.41) is 12.5. The van der Waals surface area contributed by atoms with E-state index in [2.05, 4.69) is 0 Å². The molecule has 3 aromatic rings. The van der Waals surface area contributed by atoms with Crippen molar-refractivity contribution in [1.82, 2.24) is 4.57 Å². The van der Waals surface area contributed by atoms with Gasteiger partial charge in [0.15, 0.2) is 4.80 Å². The van der Waals surface area contributed by atoms with Crippen LogP contribution < -0.4 is 4.80 Å². The van der Waals surface area contributed by atoms with E-state index in [0.29, 0.717) is 16.6 Å². The second-order valence-corrected chi connectivity index (χ2v) is 7.01. The Hall–Kier alpha value is -1.59. The average molecular weight is 379 g/mol. The van der Waals surface area contributed by atoms with E-state index in [1.807, 2.05) is 53.3 Å². The fourth-order valence-corrected chi connectivity index (χ4v) is 3.60. The van der Waals surface area contributed by atoms with Gasteiger partial charge in [0.1, 0.15) is 0 Å². The molecule has 0 unspecified atom stereocenters. The Morgan fingerprint density at radius 2 is 1.83 bits per heavy atom. The van der Waals surface area contributed by atoms with Gasteiger partial charge in [0.05, 0.1) is 28.0 Å². The van der Waals surface area contributed by atoms with E-state index in [-0.39, 0.29) is 6.61 Å². The van der Waals surface area contributed by atoms with Gasteiger partial charge in [-0.05, 0) is 31.2 Å². The first-order chi connectivity index (χ1) is 11.6. The van der Waals surface area contributed by atoms with Gasteiger partial charge in [-0.2, -0.15) is 0 Å². The number of aryl methyl sites for hydroxylation is 1. The first-order valence-electron chi connectivity index (χ1n) is 7.44. The van der Waals surface area contributed by atoms with E-state index >= 15 is 0 Å². The monoisotopic (exact) mass is 378 g/mol. The molecule has 0 saturated heterocycles. The van der Waals surface area contributed by atoms with E-state index in [1.165, 1.54) is 16.9 Å². The molecule has 124 valence electrons. The molecule has 0 spiro atoms. The number of aliphatic hydroxyl groups excluding tert-OH is 1. The minimum Gasteiger partial charge on any atom is -0.395 e. The molecule has 24 heavy (non-hydrogen) atoms. The minimum absolute atomic E-state index is 0.0339. The number of thiazole rings is 1. The van der Waals surface area contributed by atoms with Crippen molar-refractivity contribution in [2.75, 3.05) is 6.61 Å². The first kappa shape index (κ1) is 17.2. The van der Waals surface area contributed by atoms with Gasteiger partial charge in [-0.1, -0.05) is 47.0 Å². The number of aromatic nitrogens is 1. The SMILES string of the molecule is Cc1ccc(N=c2scc(-c3ccc(Cl)c(Cl)c3)n2CCO)cc1. The second kappa shape index (κ2) is 7.53. The molecule has 0 saturated carbocycles. The van der Waals surface area contributed by atoms with Gasteiger partial charge in [0.25, 0.3) is 0 Å². The van der Waals surface area contributed by atoms with E-state index in [4.69, 9.17) is 28.2 Å². The molecule has 0 atom stereocenters. The molecule has 0 amide bonds. The first-order valence-corrected chi connectivity index (χ1v) is 9.08. The van der Waals surface area contributed by atoms with E-state index in [0.717, 1.165) is 21.7 Å². The van der Waals surface area contributed by atoms with Gasteiger partial charge >= 0.3 is 0 Å². The van der Waals surface area contributed by atoms with Gasteiger partial charge in [0.2, 0.25) is 0 Å². The summed E-state index contributed by atoms with van der Waals surface area (Å²) < 4.78 is 1.99. The van der Waals surface area contributed by atoms with Gasteiger partial charge < -0.3 is 9.67 Å². The number of hydrogen-bond acceptors (Lipinski definition) is 3. The number of benzene rings is 2. The van der Waals surface area contributed by atoms with Crippen LogP contribution in [0.2, 0.25) is 10.0 Å². The predicted molar refractivity (Wildman–Crippen MR) is 101 cm³/mol. The number of rotatable bonds is 4. The van der Waals surface area contributed by atoms with Gasteiger partial charge in [0, 0.05) is 17.5 Å². The fraction of sp³-hybridized carbons (Fsp3) is 0.167. The zero-order valence-electron chi connectivity index (χ0n) is 13.0. The van der Waals surface area contributed by atoms with Crippen LogP contribution in [-0.2, 0) is 6.54 Å². The third-order valence-electron chi connectivity index (χ3n) is 3.60. The Kier molecular flexibility index (Phi) is 5.41. The van der Waals surface area contributed by atoms with Crippen LogP contribution in [0.25, 0.3) is 11.3 Å². The van der Waals surface area contributed by atoms with Crippen LogP contribution in [0, 0.1) is 6.92 Å². The van der Waals surface area contributed by atoms with Crippen molar-refractivity contribution < 1.29 is 5.11 Å². The zero-order valence-corrected chi connectivity index (χ0v) is 15.4. The molecule has 0 bridgehead atoms. The quantitative estimate of drug-likeness (QED) is 0.676. The third kappa shape index (κ3) is 3.73. The maximum absolute atomic E-state index is 9.43. The normalized spacial score (nSPS) is 11.9. The van der Waals surface area contributed by atoms with Crippen LogP contribution in [0.15, 0.2) is 52.8 Å². The molecule has 0 radical (unpaired) electrons. The second-order valence-electron chi connectivity index (χ2n) is 5.36. The summed E-state index contributed by atoms with van der Waals surface area (Å²) in [5.74, 6) is 0. The highest BCUT2D eigenvalue weighted by molar-refractivity contribution is 7.07. The molecule has 3 rings (SSSR count). The largest absolute Gasteiger partial charge is 0.395 e. The Morgan fingerprint density at radius 3 is 2.50 bits per heavy atom. The molecule has 0 aliphatic carbocycles.